The third-order valence-corrected chi connectivity index (χ3v) is 6.00. The molecule has 0 fully saturated rings. The molecule has 0 aliphatic heterocycles. The van der Waals surface area contributed by atoms with E-state index in [1.54, 1.807) is 6.07 Å². The van der Waals surface area contributed by atoms with Gasteiger partial charge < -0.3 is 0 Å². The van der Waals surface area contributed by atoms with Crippen LogP contribution in [0.1, 0.15) is 74.4 Å². The Morgan fingerprint density at radius 2 is 1.92 bits per heavy atom. The maximum atomic E-state index is 12.4. The van der Waals surface area contributed by atoms with Crippen molar-refractivity contribution in [2.24, 2.45) is 5.92 Å². The largest absolute Gasteiger partial charge is 0.294 e. The minimum absolute atomic E-state index is 0.0627. The van der Waals surface area contributed by atoms with Gasteiger partial charge in [-0.1, -0.05) is 27.2 Å². The number of unbranched alkanes of at least 4 members (excludes halogenated alkanes) is 1. The summed E-state index contributed by atoms with van der Waals surface area (Å²) in [6, 6.07) is 3.73. The van der Waals surface area contributed by atoms with Crippen LogP contribution in [0.3, 0.4) is 0 Å². The first-order chi connectivity index (χ1) is 11.3. The molecule has 0 unspecified atom stereocenters. The minimum atomic E-state index is -3.39. The third-order valence-electron chi connectivity index (χ3n) is 4.36. The third kappa shape index (κ3) is 5.07. The molecule has 24 heavy (non-hydrogen) atoms. The number of hydrogen-bond donors (Lipinski definition) is 1. The molecule has 134 valence electrons. The molecule has 1 aliphatic carbocycles. The quantitative estimate of drug-likeness (QED) is 0.709. The maximum absolute atomic E-state index is 12.4. The number of hydrogen-bond acceptors (Lipinski definition) is 3. The maximum Gasteiger partial charge on any atom is 0.232 e. The molecule has 0 saturated heterocycles. The Hall–Kier alpha value is -1.36. The summed E-state index contributed by atoms with van der Waals surface area (Å²) in [5.74, 6) is 0.262. The van der Waals surface area contributed by atoms with Gasteiger partial charge in [-0.3, -0.25) is 9.52 Å². The zero-order valence-electron chi connectivity index (χ0n) is 15.0. The van der Waals surface area contributed by atoms with Gasteiger partial charge in [-0.2, -0.15) is 0 Å². The number of carbonyl (C=O) groups excluding carboxylic acids is 1. The van der Waals surface area contributed by atoms with E-state index in [1.807, 2.05) is 19.9 Å². The number of carbonyl (C=O) groups is 1. The summed E-state index contributed by atoms with van der Waals surface area (Å²) in [6.07, 6.45) is 6.32. The average Bonchev–Trinajstić information content (AvgIpc) is 2.50. The van der Waals surface area contributed by atoms with Crippen molar-refractivity contribution in [3.05, 3.63) is 28.8 Å². The fourth-order valence-corrected chi connectivity index (χ4v) is 4.73. The molecule has 1 N–H and O–H groups in total. The molecule has 1 aliphatic rings. The van der Waals surface area contributed by atoms with Crippen molar-refractivity contribution in [3.8, 4) is 0 Å². The molecule has 0 radical (unpaired) electrons. The SMILES string of the molecule is CCCCC(=O)c1cc2c(c(NS(=O)(=O)CC(C)C)c1)CCCC2. The van der Waals surface area contributed by atoms with E-state index in [4.69, 9.17) is 0 Å². The smallest absolute Gasteiger partial charge is 0.232 e. The molecule has 0 bridgehead atoms. The van der Waals surface area contributed by atoms with Gasteiger partial charge in [0.2, 0.25) is 10.0 Å². The highest BCUT2D eigenvalue weighted by Gasteiger charge is 2.21. The normalized spacial score (nSPS) is 14.5. The van der Waals surface area contributed by atoms with E-state index in [0.717, 1.165) is 49.7 Å². The summed E-state index contributed by atoms with van der Waals surface area (Å²) in [7, 11) is -3.39. The second-order valence-corrected chi connectivity index (χ2v) is 8.94. The summed E-state index contributed by atoms with van der Waals surface area (Å²) in [5.41, 5.74) is 3.46. The monoisotopic (exact) mass is 351 g/mol. The Morgan fingerprint density at radius 3 is 2.58 bits per heavy atom. The van der Waals surface area contributed by atoms with Crippen molar-refractivity contribution in [2.75, 3.05) is 10.5 Å². The molecule has 0 saturated carbocycles. The van der Waals surface area contributed by atoms with Gasteiger partial charge in [0, 0.05) is 12.0 Å². The van der Waals surface area contributed by atoms with E-state index in [2.05, 4.69) is 11.6 Å². The Morgan fingerprint density at radius 1 is 1.21 bits per heavy atom. The number of sulfonamides is 1. The van der Waals surface area contributed by atoms with Crippen LogP contribution >= 0.6 is 0 Å². The van der Waals surface area contributed by atoms with E-state index in [9.17, 15) is 13.2 Å². The van der Waals surface area contributed by atoms with Crippen molar-refractivity contribution in [2.45, 2.75) is 65.7 Å². The Labute approximate surface area is 146 Å². The second-order valence-electron chi connectivity index (χ2n) is 7.17. The fourth-order valence-electron chi connectivity index (χ4n) is 3.25. The van der Waals surface area contributed by atoms with Crippen LogP contribution in [-0.4, -0.2) is 20.0 Å². The Kier molecular flexibility index (Phi) is 6.44. The first-order valence-electron chi connectivity index (χ1n) is 9.02. The molecule has 0 amide bonds. The van der Waals surface area contributed by atoms with Crippen LogP contribution in [0.15, 0.2) is 12.1 Å². The first kappa shape index (κ1) is 19.0. The topological polar surface area (TPSA) is 63.2 Å². The molecule has 2 rings (SSSR count). The van der Waals surface area contributed by atoms with Crippen molar-refractivity contribution < 1.29 is 13.2 Å². The van der Waals surface area contributed by atoms with Crippen LogP contribution < -0.4 is 4.72 Å². The standard InChI is InChI=1S/C19H29NO3S/c1-4-5-10-19(21)16-11-15-8-6-7-9-17(15)18(12-16)20-24(22,23)13-14(2)3/h11-12,14,20H,4-10,13H2,1-3H3. The predicted molar refractivity (Wildman–Crippen MR) is 99.2 cm³/mol. The summed E-state index contributed by atoms with van der Waals surface area (Å²) in [4.78, 5) is 12.4. The molecule has 1 aromatic carbocycles. The lowest BCUT2D eigenvalue weighted by Gasteiger charge is -2.22. The molecule has 4 nitrogen and oxygen atoms in total. The summed E-state index contributed by atoms with van der Waals surface area (Å²) in [5, 5.41) is 0. The molecule has 1 aromatic rings. The van der Waals surface area contributed by atoms with Gasteiger partial charge in [0.25, 0.3) is 0 Å². The van der Waals surface area contributed by atoms with E-state index < -0.39 is 10.0 Å². The van der Waals surface area contributed by atoms with Crippen molar-refractivity contribution in [1.82, 2.24) is 0 Å². The lowest BCUT2D eigenvalue weighted by molar-refractivity contribution is 0.0979. The highest BCUT2D eigenvalue weighted by molar-refractivity contribution is 7.92. The number of anilines is 1. The summed E-state index contributed by atoms with van der Waals surface area (Å²) < 4.78 is 27.5. The van der Waals surface area contributed by atoms with Crippen LogP contribution in [0.5, 0.6) is 0 Å². The van der Waals surface area contributed by atoms with Crippen LogP contribution in [0.4, 0.5) is 5.69 Å². The van der Waals surface area contributed by atoms with E-state index >= 15 is 0 Å². The zero-order valence-corrected chi connectivity index (χ0v) is 15.8. The van der Waals surface area contributed by atoms with Crippen LogP contribution in [0.2, 0.25) is 0 Å². The van der Waals surface area contributed by atoms with Gasteiger partial charge >= 0.3 is 0 Å². The molecular formula is C19H29NO3S. The number of Topliss-reactive ketones (excluding diaryl/α,β-unsaturated/α-hetero) is 1. The zero-order chi connectivity index (χ0) is 17.7. The molecule has 5 heteroatoms. The van der Waals surface area contributed by atoms with Gasteiger partial charge in [0.05, 0.1) is 11.4 Å². The number of nitrogens with one attached hydrogen (secondary N) is 1. The highest BCUT2D eigenvalue weighted by atomic mass is 32.2. The predicted octanol–water partition coefficient (Wildman–Crippen LogP) is 4.34. The number of benzene rings is 1. The number of fused-ring (bicyclic) bond motifs is 1. The molecular weight excluding hydrogens is 322 g/mol. The van der Waals surface area contributed by atoms with Gasteiger partial charge in [-0.05, 0) is 61.3 Å². The van der Waals surface area contributed by atoms with Crippen molar-refractivity contribution >= 4 is 21.5 Å². The fraction of sp³-hybridized carbons (Fsp3) is 0.632. The molecule has 0 spiro atoms. The first-order valence-corrected chi connectivity index (χ1v) is 10.7. The van der Waals surface area contributed by atoms with E-state index in [0.29, 0.717) is 17.7 Å². The van der Waals surface area contributed by atoms with Gasteiger partial charge in [0.15, 0.2) is 5.78 Å². The number of ketones is 1. The van der Waals surface area contributed by atoms with Crippen LogP contribution in [0, 0.1) is 5.92 Å². The van der Waals surface area contributed by atoms with Gasteiger partial charge in [-0.15, -0.1) is 0 Å². The van der Waals surface area contributed by atoms with Gasteiger partial charge in [-0.25, -0.2) is 8.42 Å². The number of rotatable bonds is 8. The van der Waals surface area contributed by atoms with E-state index in [-0.39, 0.29) is 17.5 Å². The lowest BCUT2D eigenvalue weighted by atomic mass is 9.88. The Bertz CT molecular complexity index is 693. The summed E-state index contributed by atoms with van der Waals surface area (Å²) >= 11 is 0. The second kappa shape index (κ2) is 8.15. The number of aryl methyl sites for hydroxylation is 1. The molecule has 0 heterocycles. The van der Waals surface area contributed by atoms with E-state index in [1.165, 1.54) is 0 Å². The van der Waals surface area contributed by atoms with Crippen molar-refractivity contribution in [1.29, 1.82) is 0 Å². The lowest BCUT2D eigenvalue weighted by Crippen LogP contribution is -2.22. The summed E-state index contributed by atoms with van der Waals surface area (Å²) in [6.45, 7) is 5.84. The van der Waals surface area contributed by atoms with Crippen LogP contribution in [-0.2, 0) is 22.9 Å². The van der Waals surface area contributed by atoms with Crippen LogP contribution in [0.25, 0.3) is 0 Å². The average molecular weight is 352 g/mol. The molecule has 0 aromatic heterocycles. The van der Waals surface area contributed by atoms with Crippen molar-refractivity contribution in [3.63, 3.8) is 0 Å². The Balaban J connectivity index is 2.36. The minimum Gasteiger partial charge on any atom is -0.294 e. The van der Waals surface area contributed by atoms with Gasteiger partial charge in [0.1, 0.15) is 0 Å². The molecule has 0 atom stereocenters. The highest BCUT2D eigenvalue weighted by Crippen LogP contribution is 2.31.